The van der Waals surface area contributed by atoms with Crippen molar-refractivity contribution in [3.63, 3.8) is 0 Å². The zero-order valence-electron chi connectivity index (χ0n) is 10.2. The van der Waals surface area contributed by atoms with Gasteiger partial charge in [-0.25, -0.2) is 0 Å². The summed E-state index contributed by atoms with van der Waals surface area (Å²) in [6, 6.07) is 8.97. The fraction of sp³-hybridized carbons (Fsp3) is 0.357. The van der Waals surface area contributed by atoms with Crippen LogP contribution in [0.2, 0.25) is 0 Å². The van der Waals surface area contributed by atoms with Gasteiger partial charge in [0, 0.05) is 6.61 Å². The molecule has 0 fully saturated rings. The van der Waals surface area contributed by atoms with Gasteiger partial charge in [-0.3, -0.25) is 4.79 Å². The molecule has 0 radical (unpaired) electrons. The minimum Gasteiger partial charge on any atom is -0.392 e. The van der Waals surface area contributed by atoms with Crippen molar-refractivity contribution >= 4 is 5.78 Å². The highest BCUT2D eigenvalue weighted by molar-refractivity contribution is 5.98. The maximum atomic E-state index is 12.1. The van der Waals surface area contributed by atoms with Gasteiger partial charge in [0.15, 0.2) is 17.7 Å². The van der Waals surface area contributed by atoms with Crippen LogP contribution in [0.4, 0.5) is 0 Å². The van der Waals surface area contributed by atoms with Crippen molar-refractivity contribution in [2.24, 2.45) is 0 Å². The Labute approximate surface area is 106 Å². The number of aliphatic hydroxyl groups excluding tert-OH is 1. The van der Waals surface area contributed by atoms with Crippen molar-refractivity contribution in [3.05, 3.63) is 48.0 Å². The molecule has 4 heteroatoms. The van der Waals surface area contributed by atoms with E-state index in [-0.39, 0.29) is 5.78 Å². The molecule has 0 saturated carbocycles. The molecule has 1 aromatic rings. The largest absolute Gasteiger partial charge is 0.392 e. The van der Waals surface area contributed by atoms with E-state index in [9.17, 15) is 9.90 Å². The predicted octanol–water partition coefficient (Wildman–Crippen LogP) is 1.39. The molecule has 1 aromatic carbocycles. The summed E-state index contributed by atoms with van der Waals surface area (Å²) in [7, 11) is 0. The highest BCUT2D eigenvalue weighted by Gasteiger charge is 2.43. The average Bonchev–Trinajstić information content (AvgIpc) is 2.42. The van der Waals surface area contributed by atoms with Crippen LogP contribution in [0, 0.1) is 0 Å². The summed E-state index contributed by atoms with van der Waals surface area (Å²) in [5.41, 5.74) is -0.720. The molecule has 18 heavy (non-hydrogen) atoms. The van der Waals surface area contributed by atoms with Crippen LogP contribution in [-0.4, -0.2) is 30.4 Å². The topological polar surface area (TPSA) is 55.8 Å². The second-order valence-electron chi connectivity index (χ2n) is 4.02. The summed E-state index contributed by atoms with van der Waals surface area (Å²) in [5.74, 6) is -0.271. The molecule has 2 rings (SSSR count). The van der Waals surface area contributed by atoms with Crippen LogP contribution in [0.5, 0.6) is 0 Å². The third kappa shape index (κ3) is 2.22. The molecule has 0 spiro atoms. The van der Waals surface area contributed by atoms with Gasteiger partial charge >= 0.3 is 0 Å². The maximum absolute atomic E-state index is 12.1. The Balaban J connectivity index is 2.37. The Morgan fingerprint density at radius 1 is 1.39 bits per heavy atom. The Kier molecular flexibility index (Phi) is 3.91. The number of benzene rings is 1. The molecule has 1 heterocycles. The third-order valence-corrected chi connectivity index (χ3v) is 2.91. The van der Waals surface area contributed by atoms with Crippen molar-refractivity contribution in [1.29, 1.82) is 0 Å². The van der Waals surface area contributed by atoms with Crippen molar-refractivity contribution in [2.45, 2.75) is 18.8 Å². The first-order chi connectivity index (χ1) is 8.73. The van der Waals surface area contributed by atoms with Crippen molar-refractivity contribution in [2.75, 3.05) is 13.2 Å². The lowest BCUT2D eigenvalue weighted by Crippen LogP contribution is -2.47. The fourth-order valence-corrected chi connectivity index (χ4v) is 1.97. The van der Waals surface area contributed by atoms with E-state index in [0.29, 0.717) is 12.2 Å². The lowest BCUT2D eigenvalue weighted by atomic mass is 9.88. The number of aliphatic hydroxyl groups is 1. The molecule has 2 unspecified atom stereocenters. The third-order valence-electron chi connectivity index (χ3n) is 2.91. The molecule has 1 aliphatic rings. The summed E-state index contributed by atoms with van der Waals surface area (Å²) in [5, 5.41) is 9.62. The standard InChI is InChI=1S/C14H16O4/c1-2-17-13-9-8-12(16)14(10-15,18-13)11-6-4-3-5-7-11/h3-9,13,15H,2,10H2,1H3. The first-order valence-corrected chi connectivity index (χ1v) is 5.91. The molecule has 0 aromatic heterocycles. The summed E-state index contributed by atoms with van der Waals surface area (Å²) >= 11 is 0. The van der Waals surface area contributed by atoms with Crippen molar-refractivity contribution < 1.29 is 19.4 Å². The number of ketones is 1. The van der Waals surface area contributed by atoms with Crippen molar-refractivity contribution in [1.82, 2.24) is 0 Å². The van der Waals surface area contributed by atoms with E-state index in [2.05, 4.69) is 0 Å². The second kappa shape index (κ2) is 5.44. The van der Waals surface area contributed by atoms with E-state index in [0.717, 1.165) is 0 Å². The Morgan fingerprint density at radius 3 is 2.72 bits per heavy atom. The summed E-state index contributed by atoms with van der Waals surface area (Å²) in [4.78, 5) is 12.1. The number of carbonyl (C=O) groups excluding carboxylic acids is 1. The number of hydrogen-bond acceptors (Lipinski definition) is 4. The zero-order chi connectivity index (χ0) is 13.0. The smallest absolute Gasteiger partial charge is 0.194 e. The highest BCUT2D eigenvalue weighted by atomic mass is 16.7. The van der Waals surface area contributed by atoms with Crippen molar-refractivity contribution in [3.8, 4) is 0 Å². The van der Waals surface area contributed by atoms with E-state index >= 15 is 0 Å². The van der Waals surface area contributed by atoms with Gasteiger partial charge in [-0.2, -0.15) is 0 Å². The van der Waals surface area contributed by atoms with E-state index in [1.807, 2.05) is 13.0 Å². The fourth-order valence-electron chi connectivity index (χ4n) is 1.97. The minimum atomic E-state index is -1.35. The number of carbonyl (C=O) groups is 1. The first-order valence-electron chi connectivity index (χ1n) is 5.91. The van der Waals surface area contributed by atoms with E-state index in [1.54, 1.807) is 30.3 Å². The van der Waals surface area contributed by atoms with Gasteiger partial charge in [0.25, 0.3) is 0 Å². The van der Waals surface area contributed by atoms with Crippen LogP contribution in [-0.2, 0) is 19.9 Å². The molecule has 0 amide bonds. The van der Waals surface area contributed by atoms with Gasteiger partial charge in [-0.1, -0.05) is 30.3 Å². The minimum absolute atomic E-state index is 0.271. The maximum Gasteiger partial charge on any atom is 0.194 e. The number of hydrogen-bond donors (Lipinski definition) is 1. The van der Waals surface area contributed by atoms with Gasteiger partial charge in [0.1, 0.15) is 0 Å². The lowest BCUT2D eigenvalue weighted by Gasteiger charge is -2.35. The van der Waals surface area contributed by atoms with Crippen LogP contribution < -0.4 is 0 Å². The van der Waals surface area contributed by atoms with Gasteiger partial charge in [-0.15, -0.1) is 0 Å². The molecular formula is C14H16O4. The highest BCUT2D eigenvalue weighted by Crippen LogP contribution is 2.32. The Bertz CT molecular complexity index is 440. The molecule has 0 bridgehead atoms. The van der Waals surface area contributed by atoms with E-state index in [4.69, 9.17) is 9.47 Å². The lowest BCUT2D eigenvalue weighted by molar-refractivity contribution is -0.207. The molecule has 2 atom stereocenters. The molecule has 1 aliphatic heterocycles. The Hall–Kier alpha value is -1.49. The molecule has 96 valence electrons. The monoisotopic (exact) mass is 248 g/mol. The van der Waals surface area contributed by atoms with Gasteiger partial charge in [-0.05, 0) is 24.6 Å². The number of ether oxygens (including phenoxy) is 2. The summed E-state index contributed by atoms with van der Waals surface area (Å²) < 4.78 is 11.0. The van der Waals surface area contributed by atoms with Crippen LogP contribution in [0.3, 0.4) is 0 Å². The van der Waals surface area contributed by atoms with E-state index < -0.39 is 18.5 Å². The van der Waals surface area contributed by atoms with Crippen LogP contribution in [0.25, 0.3) is 0 Å². The summed E-state index contributed by atoms with van der Waals surface area (Å²) in [6.07, 6.45) is 2.36. The quantitative estimate of drug-likeness (QED) is 0.875. The molecule has 4 nitrogen and oxygen atoms in total. The molecular weight excluding hydrogens is 232 g/mol. The first kappa shape index (κ1) is 13.0. The SMILES string of the molecule is CCOC1C=CC(=O)C(CO)(c2ccccc2)O1. The van der Waals surface area contributed by atoms with E-state index in [1.165, 1.54) is 6.08 Å². The van der Waals surface area contributed by atoms with Gasteiger partial charge < -0.3 is 14.6 Å². The normalized spacial score (nSPS) is 27.4. The van der Waals surface area contributed by atoms with Crippen LogP contribution in [0.1, 0.15) is 12.5 Å². The second-order valence-corrected chi connectivity index (χ2v) is 4.02. The Morgan fingerprint density at radius 2 is 2.11 bits per heavy atom. The molecule has 1 N–H and O–H groups in total. The zero-order valence-corrected chi connectivity index (χ0v) is 10.2. The molecule has 0 aliphatic carbocycles. The average molecular weight is 248 g/mol. The number of rotatable bonds is 4. The van der Waals surface area contributed by atoms with Crippen LogP contribution in [0.15, 0.2) is 42.5 Å². The molecule has 0 saturated heterocycles. The van der Waals surface area contributed by atoms with Gasteiger partial charge in [0.05, 0.1) is 6.61 Å². The van der Waals surface area contributed by atoms with Crippen LogP contribution >= 0.6 is 0 Å². The summed E-state index contributed by atoms with van der Waals surface area (Å²) in [6.45, 7) is 1.90. The van der Waals surface area contributed by atoms with Gasteiger partial charge in [0.2, 0.25) is 0 Å². The predicted molar refractivity (Wildman–Crippen MR) is 65.9 cm³/mol.